The molecule has 1 unspecified atom stereocenters. The standard InChI is InChI=1S/C14H12FIO/c15-11-7-5-10(6-8-11)9-14(17)12-3-1-2-4-13(12)16/h1-8,14,17H,9H2. The first-order valence-corrected chi connectivity index (χ1v) is 6.41. The molecule has 0 aliphatic carbocycles. The molecule has 0 amide bonds. The zero-order valence-electron chi connectivity index (χ0n) is 9.11. The average Bonchev–Trinajstić information content (AvgIpc) is 2.32. The fourth-order valence-corrected chi connectivity index (χ4v) is 2.45. The summed E-state index contributed by atoms with van der Waals surface area (Å²) in [5.74, 6) is -0.252. The Hall–Kier alpha value is -0.940. The van der Waals surface area contributed by atoms with E-state index in [1.165, 1.54) is 12.1 Å². The number of aliphatic hydroxyl groups is 1. The Balaban J connectivity index is 2.14. The van der Waals surface area contributed by atoms with Gasteiger partial charge in [-0.05, 0) is 51.9 Å². The van der Waals surface area contributed by atoms with E-state index in [1.54, 1.807) is 12.1 Å². The topological polar surface area (TPSA) is 20.2 Å². The molecule has 0 spiro atoms. The second kappa shape index (κ2) is 5.60. The third-order valence-corrected chi connectivity index (χ3v) is 3.59. The number of benzene rings is 2. The first kappa shape index (κ1) is 12.5. The fraction of sp³-hybridized carbons (Fsp3) is 0.143. The van der Waals surface area contributed by atoms with Crippen molar-refractivity contribution in [2.75, 3.05) is 0 Å². The molecule has 2 rings (SSSR count). The summed E-state index contributed by atoms with van der Waals surface area (Å²) in [7, 11) is 0. The molecule has 0 radical (unpaired) electrons. The van der Waals surface area contributed by atoms with E-state index in [9.17, 15) is 9.50 Å². The third kappa shape index (κ3) is 3.26. The second-order valence-electron chi connectivity index (χ2n) is 3.87. The van der Waals surface area contributed by atoms with Gasteiger partial charge < -0.3 is 5.11 Å². The van der Waals surface area contributed by atoms with Crippen LogP contribution in [0.4, 0.5) is 4.39 Å². The van der Waals surface area contributed by atoms with Gasteiger partial charge in [0.15, 0.2) is 0 Å². The van der Waals surface area contributed by atoms with Gasteiger partial charge in [0.1, 0.15) is 5.82 Å². The molecule has 0 fully saturated rings. The molecule has 0 aliphatic rings. The number of hydrogen-bond donors (Lipinski definition) is 1. The molecule has 1 N–H and O–H groups in total. The maximum Gasteiger partial charge on any atom is 0.123 e. The van der Waals surface area contributed by atoms with Crippen LogP contribution in [0.1, 0.15) is 17.2 Å². The Kier molecular flexibility index (Phi) is 4.12. The maximum atomic E-state index is 12.7. The van der Waals surface area contributed by atoms with Crippen molar-refractivity contribution in [1.82, 2.24) is 0 Å². The summed E-state index contributed by atoms with van der Waals surface area (Å²) >= 11 is 2.20. The Labute approximate surface area is 113 Å². The van der Waals surface area contributed by atoms with E-state index >= 15 is 0 Å². The van der Waals surface area contributed by atoms with Gasteiger partial charge >= 0.3 is 0 Å². The second-order valence-corrected chi connectivity index (χ2v) is 5.03. The summed E-state index contributed by atoms with van der Waals surface area (Å²) in [5, 5.41) is 10.1. The van der Waals surface area contributed by atoms with Crippen molar-refractivity contribution in [3.05, 3.63) is 69.0 Å². The van der Waals surface area contributed by atoms with Crippen LogP contribution in [0.3, 0.4) is 0 Å². The lowest BCUT2D eigenvalue weighted by atomic mass is 10.0. The van der Waals surface area contributed by atoms with Gasteiger partial charge in [-0.3, -0.25) is 0 Å². The molecule has 0 saturated carbocycles. The van der Waals surface area contributed by atoms with Crippen LogP contribution < -0.4 is 0 Å². The van der Waals surface area contributed by atoms with Crippen molar-refractivity contribution in [3.63, 3.8) is 0 Å². The Morgan fingerprint density at radius 1 is 1.06 bits per heavy atom. The average molecular weight is 342 g/mol. The van der Waals surface area contributed by atoms with Crippen LogP contribution in [0, 0.1) is 9.39 Å². The summed E-state index contributed by atoms with van der Waals surface area (Å²) < 4.78 is 13.8. The van der Waals surface area contributed by atoms with Gasteiger partial charge in [0, 0.05) is 9.99 Å². The van der Waals surface area contributed by atoms with Crippen LogP contribution in [0.15, 0.2) is 48.5 Å². The van der Waals surface area contributed by atoms with Crippen LogP contribution in [0.5, 0.6) is 0 Å². The van der Waals surface area contributed by atoms with Gasteiger partial charge in [0.2, 0.25) is 0 Å². The molecule has 0 aromatic heterocycles. The lowest BCUT2D eigenvalue weighted by Crippen LogP contribution is -2.03. The minimum atomic E-state index is -0.548. The fourth-order valence-electron chi connectivity index (χ4n) is 1.70. The lowest BCUT2D eigenvalue weighted by molar-refractivity contribution is 0.177. The van der Waals surface area contributed by atoms with E-state index in [0.717, 1.165) is 14.7 Å². The quantitative estimate of drug-likeness (QED) is 0.844. The van der Waals surface area contributed by atoms with Gasteiger partial charge in [0.05, 0.1) is 6.10 Å². The van der Waals surface area contributed by atoms with Crippen molar-refractivity contribution in [2.45, 2.75) is 12.5 Å². The third-order valence-electron chi connectivity index (χ3n) is 2.61. The summed E-state index contributed by atoms with van der Waals surface area (Å²) in [4.78, 5) is 0. The van der Waals surface area contributed by atoms with Crippen molar-refractivity contribution in [3.8, 4) is 0 Å². The van der Waals surface area contributed by atoms with Crippen LogP contribution in [-0.2, 0) is 6.42 Å². The Bertz CT molecular complexity index is 496. The van der Waals surface area contributed by atoms with Crippen molar-refractivity contribution >= 4 is 22.6 Å². The molecule has 0 heterocycles. The molecule has 0 aliphatic heterocycles. The molecule has 1 nitrogen and oxygen atoms in total. The number of aliphatic hydroxyl groups excluding tert-OH is 1. The molecular weight excluding hydrogens is 330 g/mol. The highest BCUT2D eigenvalue weighted by atomic mass is 127. The Morgan fingerprint density at radius 2 is 1.71 bits per heavy atom. The molecule has 3 heteroatoms. The molecule has 2 aromatic carbocycles. The summed E-state index contributed by atoms with van der Waals surface area (Å²) in [6.07, 6.45) is -0.0473. The zero-order valence-corrected chi connectivity index (χ0v) is 11.3. The predicted molar refractivity (Wildman–Crippen MR) is 74.2 cm³/mol. The molecule has 88 valence electrons. The lowest BCUT2D eigenvalue weighted by Gasteiger charge is -2.12. The summed E-state index contributed by atoms with van der Waals surface area (Å²) in [6, 6.07) is 14.0. The van der Waals surface area contributed by atoms with E-state index in [0.29, 0.717) is 6.42 Å². The number of hydrogen-bond acceptors (Lipinski definition) is 1. The summed E-state index contributed by atoms with van der Waals surface area (Å²) in [5.41, 5.74) is 1.84. The van der Waals surface area contributed by atoms with Gasteiger partial charge in [-0.2, -0.15) is 0 Å². The largest absolute Gasteiger partial charge is 0.388 e. The van der Waals surface area contributed by atoms with Gasteiger partial charge in [-0.1, -0.05) is 30.3 Å². The van der Waals surface area contributed by atoms with E-state index < -0.39 is 6.10 Å². The molecule has 0 saturated heterocycles. The predicted octanol–water partition coefficient (Wildman–Crippen LogP) is 3.71. The van der Waals surface area contributed by atoms with Crippen LogP contribution in [0.25, 0.3) is 0 Å². The van der Waals surface area contributed by atoms with Crippen molar-refractivity contribution in [1.29, 1.82) is 0 Å². The van der Waals surface area contributed by atoms with Crippen LogP contribution >= 0.6 is 22.6 Å². The highest BCUT2D eigenvalue weighted by Gasteiger charge is 2.11. The number of halogens is 2. The van der Waals surface area contributed by atoms with Gasteiger partial charge in [-0.25, -0.2) is 4.39 Å². The first-order chi connectivity index (χ1) is 8.16. The number of rotatable bonds is 3. The minimum Gasteiger partial charge on any atom is -0.388 e. The molecular formula is C14H12FIO. The highest BCUT2D eigenvalue weighted by molar-refractivity contribution is 14.1. The Morgan fingerprint density at radius 3 is 2.35 bits per heavy atom. The maximum absolute atomic E-state index is 12.7. The molecule has 17 heavy (non-hydrogen) atoms. The van der Waals surface area contributed by atoms with Crippen LogP contribution in [-0.4, -0.2) is 5.11 Å². The van der Waals surface area contributed by atoms with E-state index in [1.807, 2.05) is 24.3 Å². The van der Waals surface area contributed by atoms with E-state index in [2.05, 4.69) is 22.6 Å². The van der Waals surface area contributed by atoms with E-state index in [4.69, 9.17) is 0 Å². The SMILES string of the molecule is OC(Cc1ccc(F)cc1)c1ccccc1I. The minimum absolute atomic E-state index is 0.252. The van der Waals surface area contributed by atoms with Gasteiger partial charge in [0.25, 0.3) is 0 Å². The first-order valence-electron chi connectivity index (χ1n) is 5.34. The monoisotopic (exact) mass is 342 g/mol. The normalized spacial score (nSPS) is 12.4. The van der Waals surface area contributed by atoms with Crippen LogP contribution in [0.2, 0.25) is 0 Å². The zero-order chi connectivity index (χ0) is 12.3. The van der Waals surface area contributed by atoms with Crippen molar-refractivity contribution < 1.29 is 9.50 Å². The molecule has 1 atom stereocenters. The molecule has 0 bridgehead atoms. The van der Waals surface area contributed by atoms with Gasteiger partial charge in [-0.15, -0.1) is 0 Å². The van der Waals surface area contributed by atoms with E-state index in [-0.39, 0.29) is 5.82 Å². The molecule has 2 aromatic rings. The smallest absolute Gasteiger partial charge is 0.123 e. The van der Waals surface area contributed by atoms with Crippen molar-refractivity contribution in [2.24, 2.45) is 0 Å². The summed E-state index contributed by atoms with van der Waals surface area (Å²) in [6.45, 7) is 0. The highest BCUT2D eigenvalue weighted by Crippen LogP contribution is 2.23.